The number of aliphatic hydroxyl groups excluding tert-OH is 5. The molecule has 3 saturated heterocycles. The number of aliphatic carboxylic acids is 3. The maximum absolute atomic E-state index is 12.2. The summed E-state index contributed by atoms with van der Waals surface area (Å²) in [6.45, 7) is 0.431. The van der Waals surface area contributed by atoms with E-state index in [4.69, 9.17) is 43.6 Å². The van der Waals surface area contributed by atoms with Gasteiger partial charge in [-0.2, -0.15) is 0 Å². The first-order chi connectivity index (χ1) is 24.5. The van der Waals surface area contributed by atoms with Gasteiger partial charge in [-0.1, -0.05) is 6.92 Å². The predicted molar refractivity (Wildman–Crippen MR) is 167 cm³/mol. The van der Waals surface area contributed by atoms with Crippen molar-refractivity contribution in [3.63, 3.8) is 0 Å². The molecule has 0 bridgehead atoms. The van der Waals surface area contributed by atoms with Crippen molar-refractivity contribution in [2.45, 2.75) is 93.2 Å². The number of aliphatic hydroxyl groups is 5. The normalized spacial score (nSPS) is 39.4. The molecule has 0 radical (unpaired) electrons. The van der Waals surface area contributed by atoms with E-state index in [9.17, 15) is 60.0 Å². The van der Waals surface area contributed by atoms with Gasteiger partial charge in [-0.05, 0) is 6.92 Å². The highest BCUT2D eigenvalue weighted by molar-refractivity contribution is 5.76. The highest BCUT2D eigenvalue weighted by Gasteiger charge is 2.52. The molecule has 0 saturated carbocycles. The molecule has 21 heteroatoms. The van der Waals surface area contributed by atoms with Gasteiger partial charge in [0.2, 0.25) is 5.91 Å². The number of hydrogen-bond donors (Lipinski definition) is 9. The Labute approximate surface area is 298 Å². The first-order valence-corrected chi connectivity index (χ1v) is 16.6. The van der Waals surface area contributed by atoms with E-state index in [1.807, 2.05) is 0 Å². The summed E-state index contributed by atoms with van der Waals surface area (Å²) in [5.74, 6) is -9.65. The van der Waals surface area contributed by atoms with Crippen LogP contribution >= 0.6 is 0 Å². The van der Waals surface area contributed by atoms with Gasteiger partial charge in [-0.3, -0.25) is 4.79 Å². The summed E-state index contributed by atoms with van der Waals surface area (Å²) in [4.78, 5) is 47.7. The SMILES string of the molecule is COCC1OC(C(=O)O)C(COCC2OC(C(=O)O)C(COCC3OC(C(=O)O)C(COC)C(O)C3O)C(O)C2O)C(O)C1OC(C)C(C)C(N)=O. The molecule has 21 nitrogen and oxygen atoms in total. The number of primary amides is 1. The van der Waals surface area contributed by atoms with Crippen LogP contribution in [-0.4, -0.2) is 198 Å². The van der Waals surface area contributed by atoms with Crippen LogP contribution in [0.2, 0.25) is 0 Å². The minimum atomic E-state index is -1.78. The van der Waals surface area contributed by atoms with Crippen LogP contribution < -0.4 is 5.73 Å². The molecule has 17 unspecified atom stereocenters. The number of hydrogen-bond acceptors (Lipinski definition) is 17. The third kappa shape index (κ3) is 10.3. The molecule has 0 aliphatic carbocycles. The molecule has 3 aliphatic rings. The second kappa shape index (κ2) is 19.6. The standard InChI is InChI=1S/C31H51NO20/c1-11(28(32)38)12(2)49-27-18(8-46-4)52-26(31(43)44)15(21(27)35)7-48-10-17-23(37)20(34)14(25(51-17)30(41)42)6-47-9-16-22(36)19(33)13(5-45-3)24(50-16)29(39)40/h11-27,33-37H,5-10H2,1-4H3,(H2,32,38)(H,39,40)(H,41,42)(H,43,44). The largest absolute Gasteiger partial charge is 0.479 e. The van der Waals surface area contributed by atoms with Crippen LogP contribution in [0.25, 0.3) is 0 Å². The number of amides is 1. The van der Waals surface area contributed by atoms with Crippen LogP contribution in [0.4, 0.5) is 0 Å². The van der Waals surface area contributed by atoms with Gasteiger partial charge < -0.3 is 84.5 Å². The average Bonchev–Trinajstić information content (AvgIpc) is 3.08. The second-order valence-electron chi connectivity index (χ2n) is 13.2. The molecule has 52 heavy (non-hydrogen) atoms. The number of carbonyl (C=O) groups excluding carboxylic acids is 1. The Hall–Kier alpha value is -2.64. The van der Waals surface area contributed by atoms with Gasteiger partial charge in [-0.25, -0.2) is 14.4 Å². The zero-order chi connectivity index (χ0) is 39.0. The smallest absolute Gasteiger partial charge is 0.333 e. The van der Waals surface area contributed by atoms with E-state index < -0.39 is 153 Å². The van der Waals surface area contributed by atoms with Crippen molar-refractivity contribution in [1.29, 1.82) is 0 Å². The first-order valence-electron chi connectivity index (χ1n) is 16.6. The number of carboxylic acid groups (broad SMARTS) is 3. The zero-order valence-electron chi connectivity index (χ0n) is 29.1. The quantitative estimate of drug-likeness (QED) is 0.0599. The fraction of sp³-hybridized carbons (Fsp3) is 0.871. The number of nitrogens with two attached hydrogens (primary N) is 1. The van der Waals surface area contributed by atoms with E-state index in [2.05, 4.69) is 0 Å². The molecule has 3 heterocycles. The van der Waals surface area contributed by atoms with Crippen LogP contribution in [0.1, 0.15) is 13.8 Å². The van der Waals surface area contributed by atoms with Crippen molar-refractivity contribution in [3.05, 3.63) is 0 Å². The topological polar surface area (TPSA) is 330 Å². The average molecular weight is 758 g/mol. The summed E-state index contributed by atoms with van der Waals surface area (Å²) >= 11 is 0. The number of ether oxygens (including phenoxy) is 8. The molecule has 0 aromatic heterocycles. The Morgan fingerprint density at radius 3 is 1.35 bits per heavy atom. The Kier molecular flexibility index (Phi) is 16.5. The van der Waals surface area contributed by atoms with E-state index in [0.717, 1.165) is 0 Å². The summed E-state index contributed by atoms with van der Waals surface area (Å²) in [5.41, 5.74) is 5.37. The fourth-order valence-electron chi connectivity index (χ4n) is 6.51. The van der Waals surface area contributed by atoms with Gasteiger partial charge >= 0.3 is 17.9 Å². The molecule has 0 spiro atoms. The lowest BCUT2D eigenvalue weighted by atomic mass is 9.86. The third-order valence-electron chi connectivity index (χ3n) is 9.74. The number of carbonyl (C=O) groups is 4. The molecular formula is C31H51NO20. The van der Waals surface area contributed by atoms with Crippen LogP contribution in [-0.2, 0) is 57.1 Å². The predicted octanol–water partition coefficient (Wildman–Crippen LogP) is -4.58. The van der Waals surface area contributed by atoms with Crippen molar-refractivity contribution >= 4 is 23.8 Å². The summed E-state index contributed by atoms with van der Waals surface area (Å²) in [5, 5.41) is 83.3. The van der Waals surface area contributed by atoms with Crippen molar-refractivity contribution < 1.29 is 97.9 Å². The lowest BCUT2D eigenvalue weighted by Crippen LogP contribution is -2.61. The van der Waals surface area contributed by atoms with Gasteiger partial charge in [0.25, 0.3) is 0 Å². The van der Waals surface area contributed by atoms with Crippen molar-refractivity contribution in [1.82, 2.24) is 0 Å². The molecule has 10 N–H and O–H groups in total. The van der Waals surface area contributed by atoms with E-state index in [1.165, 1.54) is 28.1 Å². The first kappa shape index (κ1) is 43.8. The van der Waals surface area contributed by atoms with E-state index in [-0.39, 0.29) is 13.2 Å². The summed E-state index contributed by atoms with van der Waals surface area (Å²) < 4.78 is 43.7. The Bertz CT molecular complexity index is 1190. The maximum atomic E-state index is 12.2. The molecule has 17 atom stereocenters. The molecule has 3 rings (SSSR count). The number of methoxy groups -OCH3 is 2. The van der Waals surface area contributed by atoms with Gasteiger partial charge in [0.1, 0.15) is 36.6 Å². The van der Waals surface area contributed by atoms with Crippen molar-refractivity contribution in [2.75, 3.05) is 53.9 Å². The lowest BCUT2D eigenvalue weighted by molar-refractivity contribution is -0.253. The summed E-state index contributed by atoms with van der Waals surface area (Å²) in [6, 6.07) is 0. The highest BCUT2D eigenvalue weighted by atomic mass is 16.6. The highest BCUT2D eigenvalue weighted by Crippen LogP contribution is 2.33. The Morgan fingerprint density at radius 1 is 0.577 bits per heavy atom. The third-order valence-corrected chi connectivity index (χ3v) is 9.74. The molecule has 0 aromatic rings. The molecule has 1 amide bonds. The number of rotatable bonds is 19. The van der Waals surface area contributed by atoms with Crippen LogP contribution in [0.15, 0.2) is 0 Å². The van der Waals surface area contributed by atoms with Crippen molar-refractivity contribution in [3.8, 4) is 0 Å². The second-order valence-corrected chi connectivity index (χ2v) is 13.2. The lowest BCUT2D eigenvalue weighted by Gasteiger charge is -2.44. The monoisotopic (exact) mass is 757 g/mol. The zero-order valence-corrected chi connectivity index (χ0v) is 29.1. The summed E-state index contributed by atoms with van der Waals surface area (Å²) in [7, 11) is 2.61. The minimum absolute atomic E-state index is 0.174. The van der Waals surface area contributed by atoms with Gasteiger partial charge in [-0.15, -0.1) is 0 Å². The molecule has 0 aromatic carbocycles. The van der Waals surface area contributed by atoms with Gasteiger partial charge in [0, 0.05) is 32.0 Å². The van der Waals surface area contributed by atoms with Crippen LogP contribution in [0.3, 0.4) is 0 Å². The van der Waals surface area contributed by atoms with E-state index in [1.54, 1.807) is 0 Å². The number of carboxylic acids is 3. The minimum Gasteiger partial charge on any atom is -0.479 e. The van der Waals surface area contributed by atoms with Crippen LogP contribution in [0, 0.1) is 23.7 Å². The molecule has 3 fully saturated rings. The van der Waals surface area contributed by atoms with Crippen LogP contribution in [0.5, 0.6) is 0 Å². The molecular weight excluding hydrogens is 706 g/mol. The van der Waals surface area contributed by atoms with E-state index >= 15 is 0 Å². The van der Waals surface area contributed by atoms with Gasteiger partial charge in [0.05, 0.1) is 70.0 Å². The fourth-order valence-corrected chi connectivity index (χ4v) is 6.51. The van der Waals surface area contributed by atoms with Crippen molar-refractivity contribution in [2.24, 2.45) is 29.4 Å². The summed E-state index contributed by atoms with van der Waals surface area (Å²) in [6.07, 6.45) is -19.1. The van der Waals surface area contributed by atoms with Gasteiger partial charge in [0.15, 0.2) is 18.3 Å². The Morgan fingerprint density at radius 2 is 0.962 bits per heavy atom. The Balaban J connectivity index is 1.65. The molecule has 3 aliphatic heterocycles. The molecule has 300 valence electrons. The van der Waals surface area contributed by atoms with E-state index in [0.29, 0.717) is 0 Å². The maximum Gasteiger partial charge on any atom is 0.333 e.